The number of hydrogen-bond donors (Lipinski definition) is 1. The van der Waals surface area contributed by atoms with Crippen LogP contribution in [-0.2, 0) is 32.6 Å². The van der Waals surface area contributed by atoms with E-state index < -0.39 is 28.5 Å². The molecule has 230 valence electrons. The van der Waals surface area contributed by atoms with Crippen LogP contribution in [-0.4, -0.2) is 44.3 Å². The minimum atomic E-state index is -4.18. The van der Waals surface area contributed by atoms with Crippen molar-refractivity contribution in [2.24, 2.45) is 0 Å². The summed E-state index contributed by atoms with van der Waals surface area (Å²) in [6.45, 7) is 4.05. The van der Waals surface area contributed by atoms with Crippen molar-refractivity contribution in [2.75, 3.05) is 17.4 Å². The van der Waals surface area contributed by atoms with Crippen LogP contribution in [0.5, 0.6) is 0 Å². The fraction of sp³-hybridized carbons (Fsp3) is 0.257. The van der Waals surface area contributed by atoms with Crippen LogP contribution in [0.4, 0.5) is 5.69 Å². The standard InChI is InChI=1S/C35H38ClN3O4S/c1-3-4-23-37-35(41)33(24-28-11-7-5-8-12-28)38(25-29-13-9-6-10-14-29)34(40)26-39(31-19-15-27(2)16-20-31)44(42,43)32-21-17-30(36)18-22-32/h5-22,33H,3-4,23-26H2,1-2H3,(H,37,41). The largest absolute Gasteiger partial charge is 0.354 e. The van der Waals surface area contributed by atoms with Crippen LogP contribution in [0.15, 0.2) is 114 Å². The molecule has 0 bridgehead atoms. The molecule has 9 heteroatoms. The highest BCUT2D eigenvalue weighted by Gasteiger charge is 2.34. The molecule has 1 N–H and O–H groups in total. The van der Waals surface area contributed by atoms with E-state index in [1.165, 1.54) is 29.2 Å². The third-order valence-corrected chi connectivity index (χ3v) is 9.34. The van der Waals surface area contributed by atoms with Crippen LogP contribution >= 0.6 is 11.6 Å². The van der Waals surface area contributed by atoms with E-state index in [2.05, 4.69) is 5.32 Å². The van der Waals surface area contributed by atoms with Gasteiger partial charge in [0.25, 0.3) is 10.0 Å². The van der Waals surface area contributed by atoms with E-state index >= 15 is 0 Å². The summed E-state index contributed by atoms with van der Waals surface area (Å²) in [5, 5.41) is 3.40. The number of benzene rings is 4. The Morgan fingerprint density at radius 3 is 2.00 bits per heavy atom. The number of rotatable bonds is 14. The molecule has 0 aliphatic rings. The van der Waals surface area contributed by atoms with Crippen molar-refractivity contribution in [3.8, 4) is 0 Å². The molecular weight excluding hydrogens is 594 g/mol. The van der Waals surface area contributed by atoms with Gasteiger partial charge in [-0.2, -0.15) is 0 Å². The highest BCUT2D eigenvalue weighted by atomic mass is 35.5. The Morgan fingerprint density at radius 1 is 0.818 bits per heavy atom. The molecule has 0 aromatic heterocycles. The van der Waals surface area contributed by atoms with Gasteiger partial charge in [-0.15, -0.1) is 0 Å². The average molecular weight is 632 g/mol. The summed E-state index contributed by atoms with van der Waals surface area (Å²) < 4.78 is 29.2. The average Bonchev–Trinajstić information content (AvgIpc) is 3.03. The normalized spacial score (nSPS) is 11.9. The number of sulfonamides is 1. The molecular formula is C35H38ClN3O4S. The van der Waals surface area contributed by atoms with Crippen LogP contribution in [0, 0.1) is 6.92 Å². The SMILES string of the molecule is CCCCNC(=O)C(Cc1ccccc1)N(Cc1ccccc1)C(=O)CN(c1ccc(C)cc1)S(=O)(=O)c1ccc(Cl)cc1. The van der Waals surface area contributed by atoms with Gasteiger partial charge in [0.05, 0.1) is 10.6 Å². The molecule has 0 aliphatic heterocycles. The lowest BCUT2D eigenvalue weighted by Crippen LogP contribution is -2.53. The first-order valence-electron chi connectivity index (χ1n) is 14.7. The van der Waals surface area contributed by atoms with E-state index in [0.717, 1.165) is 33.8 Å². The first kappa shape index (κ1) is 32.8. The third kappa shape index (κ3) is 8.71. The molecule has 4 aromatic rings. The lowest BCUT2D eigenvalue weighted by atomic mass is 10.0. The molecule has 0 saturated heterocycles. The van der Waals surface area contributed by atoms with Crippen LogP contribution in [0.25, 0.3) is 0 Å². The van der Waals surface area contributed by atoms with Crippen molar-refractivity contribution in [1.82, 2.24) is 10.2 Å². The topological polar surface area (TPSA) is 86.8 Å². The predicted molar refractivity (Wildman–Crippen MR) is 176 cm³/mol. The Hall–Kier alpha value is -4.14. The van der Waals surface area contributed by atoms with Crippen LogP contribution in [0.3, 0.4) is 0 Å². The Kier molecular flexibility index (Phi) is 11.6. The number of carbonyl (C=O) groups excluding carboxylic acids is 2. The number of halogens is 1. The Balaban J connectivity index is 1.77. The molecule has 0 fully saturated rings. The molecule has 0 aliphatic carbocycles. The van der Waals surface area contributed by atoms with Gasteiger partial charge in [-0.05, 0) is 60.9 Å². The van der Waals surface area contributed by atoms with Gasteiger partial charge in [0.1, 0.15) is 12.6 Å². The maximum atomic E-state index is 14.4. The summed E-state index contributed by atoms with van der Waals surface area (Å²) in [6, 6.07) is 30.8. The fourth-order valence-electron chi connectivity index (χ4n) is 4.81. The number of amides is 2. The number of anilines is 1. The number of carbonyl (C=O) groups is 2. The van der Waals surface area contributed by atoms with Crippen molar-refractivity contribution in [3.63, 3.8) is 0 Å². The molecule has 4 rings (SSSR count). The van der Waals surface area contributed by atoms with Crippen molar-refractivity contribution in [2.45, 2.75) is 50.6 Å². The first-order chi connectivity index (χ1) is 21.2. The molecule has 4 aromatic carbocycles. The molecule has 0 radical (unpaired) electrons. The lowest BCUT2D eigenvalue weighted by Gasteiger charge is -2.34. The summed E-state index contributed by atoms with van der Waals surface area (Å²) in [6.07, 6.45) is 1.98. The zero-order chi connectivity index (χ0) is 31.5. The maximum absolute atomic E-state index is 14.4. The van der Waals surface area contributed by atoms with E-state index in [1.54, 1.807) is 24.3 Å². The number of nitrogens with zero attached hydrogens (tertiary/aromatic N) is 2. The number of unbranched alkanes of at least 4 members (excludes halogenated alkanes) is 1. The highest BCUT2D eigenvalue weighted by Crippen LogP contribution is 2.26. The first-order valence-corrected chi connectivity index (χ1v) is 16.5. The second-order valence-corrected chi connectivity index (χ2v) is 13.0. The molecule has 0 spiro atoms. The molecule has 0 saturated carbocycles. The predicted octanol–water partition coefficient (Wildman–Crippen LogP) is 6.40. The maximum Gasteiger partial charge on any atom is 0.264 e. The summed E-state index contributed by atoms with van der Waals surface area (Å²) in [5.41, 5.74) is 2.99. The van der Waals surface area contributed by atoms with Crippen molar-refractivity contribution < 1.29 is 18.0 Å². The van der Waals surface area contributed by atoms with Crippen molar-refractivity contribution in [1.29, 1.82) is 0 Å². The van der Waals surface area contributed by atoms with Gasteiger partial charge in [0.2, 0.25) is 11.8 Å². The minimum Gasteiger partial charge on any atom is -0.354 e. The van der Waals surface area contributed by atoms with Gasteiger partial charge in [-0.25, -0.2) is 8.42 Å². The van der Waals surface area contributed by atoms with Gasteiger partial charge in [0.15, 0.2) is 0 Å². The molecule has 7 nitrogen and oxygen atoms in total. The Bertz CT molecular complexity index is 1610. The van der Waals surface area contributed by atoms with E-state index in [0.29, 0.717) is 17.3 Å². The summed E-state index contributed by atoms with van der Waals surface area (Å²) in [7, 11) is -4.18. The van der Waals surface area contributed by atoms with Gasteiger partial charge in [0, 0.05) is 24.5 Å². The minimum absolute atomic E-state index is 0.00280. The summed E-state index contributed by atoms with van der Waals surface area (Å²) >= 11 is 6.05. The Morgan fingerprint density at radius 2 is 1.41 bits per heavy atom. The number of nitrogens with one attached hydrogen (secondary N) is 1. The summed E-state index contributed by atoms with van der Waals surface area (Å²) in [4.78, 5) is 29.7. The van der Waals surface area contributed by atoms with E-state index in [9.17, 15) is 18.0 Å². The van der Waals surface area contributed by atoms with Crippen molar-refractivity contribution in [3.05, 3.63) is 131 Å². The van der Waals surface area contributed by atoms with E-state index in [4.69, 9.17) is 11.6 Å². The Labute approximate surface area is 265 Å². The second-order valence-electron chi connectivity index (χ2n) is 10.7. The van der Waals surface area contributed by atoms with Crippen LogP contribution in [0.2, 0.25) is 5.02 Å². The zero-order valence-corrected chi connectivity index (χ0v) is 26.6. The van der Waals surface area contributed by atoms with Crippen LogP contribution in [0.1, 0.15) is 36.5 Å². The quantitative estimate of drug-likeness (QED) is 0.163. The second kappa shape index (κ2) is 15.5. The van der Waals surface area contributed by atoms with Gasteiger partial charge in [-0.1, -0.05) is 103 Å². The van der Waals surface area contributed by atoms with Gasteiger partial charge < -0.3 is 10.2 Å². The smallest absolute Gasteiger partial charge is 0.264 e. The van der Waals surface area contributed by atoms with Gasteiger partial charge >= 0.3 is 0 Å². The lowest BCUT2D eigenvalue weighted by molar-refractivity contribution is -0.140. The summed E-state index contributed by atoms with van der Waals surface area (Å²) in [5.74, 6) is -0.785. The molecule has 44 heavy (non-hydrogen) atoms. The van der Waals surface area contributed by atoms with E-state index in [1.807, 2.05) is 74.5 Å². The van der Waals surface area contributed by atoms with Gasteiger partial charge in [-0.3, -0.25) is 13.9 Å². The highest BCUT2D eigenvalue weighted by molar-refractivity contribution is 7.92. The van der Waals surface area contributed by atoms with Crippen molar-refractivity contribution >= 4 is 39.1 Å². The number of hydrogen-bond acceptors (Lipinski definition) is 4. The monoisotopic (exact) mass is 631 g/mol. The molecule has 0 heterocycles. The fourth-order valence-corrected chi connectivity index (χ4v) is 6.35. The van der Waals surface area contributed by atoms with Crippen LogP contribution < -0.4 is 9.62 Å². The zero-order valence-electron chi connectivity index (χ0n) is 25.0. The third-order valence-electron chi connectivity index (χ3n) is 7.30. The number of aryl methyl sites for hydroxylation is 1. The molecule has 1 unspecified atom stereocenters. The van der Waals surface area contributed by atoms with E-state index in [-0.39, 0.29) is 23.8 Å². The molecule has 1 atom stereocenters. The molecule has 2 amide bonds.